The SMILES string of the molecule is CCCCC(=O)OCCC([O])=O. The summed E-state index contributed by atoms with van der Waals surface area (Å²) < 4.78 is 4.60. The lowest BCUT2D eigenvalue weighted by atomic mass is 10.2. The van der Waals surface area contributed by atoms with Gasteiger partial charge in [0.2, 0.25) is 0 Å². The fourth-order valence-corrected chi connectivity index (χ4v) is 0.641. The van der Waals surface area contributed by atoms with Crippen molar-refractivity contribution < 1.29 is 19.4 Å². The molecule has 0 aromatic heterocycles. The molecule has 0 N–H and O–H groups in total. The monoisotopic (exact) mass is 173 g/mol. The Hall–Kier alpha value is -1.06. The molecule has 69 valence electrons. The van der Waals surface area contributed by atoms with E-state index in [0.29, 0.717) is 6.42 Å². The van der Waals surface area contributed by atoms with Gasteiger partial charge in [-0.1, -0.05) is 13.3 Å². The normalized spacial score (nSPS) is 9.42. The van der Waals surface area contributed by atoms with Crippen molar-refractivity contribution in [1.29, 1.82) is 0 Å². The summed E-state index contributed by atoms with van der Waals surface area (Å²) in [4.78, 5) is 20.6. The van der Waals surface area contributed by atoms with Crippen molar-refractivity contribution in [2.75, 3.05) is 6.61 Å². The zero-order valence-electron chi connectivity index (χ0n) is 7.17. The van der Waals surface area contributed by atoms with Crippen molar-refractivity contribution in [3.63, 3.8) is 0 Å². The number of hydrogen-bond donors (Lipinski definition) is 0. The number of rotatable bonds is 6. The molecule has 0 rings (SSSR count). The Balaban J connectivity index is 3.25. The molecule has 0 aliphatic heterocycles. The molecule has 1 radical (unpaired) electrons. The van der Waals surface area contributed by atoms with Gasteiger partial charge in [0.1, 0.15) is 6.61 Å². The molecule has 0 spiro atoms. The van der Waals surface area contributed by atoms with Crippen LogP contribution in [0.2, 0.25) is 0 Å². The minimum Gasteiger partial charge on any atom is -0.465 e. The third-order valence-electron chi connectivity index (χ3n) is 1.30. The van der Waals surface area contributed by atoms with Gasteiger partial charge in [-0.3, -0.25) is 4.79 Å². The summed E-state index contributed by atoms with van der Waals surface area (Å²) in [6, 6.07) is 0. The predicted octanol–water partition coefficient (Wildman–Crippen LogP) is 1.07. The first-order valence-electron chi connectivity index (χ1n) is 4.02. The van der Waals surface area contributed by atoms with E-state index in [1.54, 1.807) is 0 Å². The average Bonchev–Trinajstić information content (AvgIpc) is 2.00. The lowest BCUT2D eigenvalue weighted by Gasteiger charge is -2.00. The van der Waals surface area contributed by atoms with E-state index in [2.05, 4.69) is 4.74 Å². The Morgan fingerprint density at radius 3 is 2.42 bits per heavy atom. The van der Waals surface area contributed by atoms with Crippen molar-refractivity contribution >= 4 is 11.9 Å². The molecule has 0 aromatic carbocycles. The van der Waals surface area contributed by atoms with Crippen LogP contribution in [-0.4, -0.2) is 18.5 Å². The van der Waals surface area contributed by atoms with Gasteiger partial charge in [-0.2, -0.15) is 0 Å². The summed E-state index contributed by atoms with van der Waals surface area (Å²) in [5.74, 6) is -1.53. The molecular weight excluding hydrogens is 160 g/mol. The second-order valence-corrected chi connectivity index (χ2v) is 2.45. The molecule has 0 unspecified atom stereocenters. The highest BCUT2D eigenvalue weighted by Crippen LogP contribution is 1.96. The molecule has 4 heteroatoms. The second-order valence-electron chi connectivity index (χ2n) is 2.45. The summed E-state index contributed by atoms with van der Waals surface area (Å²) in [5, 5.41) is 9.89. The largest absolute Gasteiger partial charge is 0.465 e. The van der Waals surface area contributed by atoms with Crippen molar-refractivity contribution in [3.8, 4) is 0 Å². The molecule has 0 fully saturated rings. The molecular formula is C8H13O4. The molecule has 0 heterocycles. The Morgan fingerprint density at radius 1 is 1.25 bits per heavy atom. The van der Waals surface area contributed by atoms with Crippen LogP contribution in [0, 0.1) is 0 Å². The first kappa shape index (κ1) is 10.9. The Bertz CT molecular complexity index is 153. The lowest BCUT2D eigenvalue weighted by Crippen LogP contribution is -2.08. The molecule has 0 amide bonds. The van der Waals surface area contributed by atoms with Crippen LogP contribution in [0.5, 0.6) is 0 Å². The average molecular weight is 173 g/mol. The number of carbonyl (C=O) groups is 2. The summed E-state index contributed by atoms with van der Waals surface area (Å²) >= 11 is 0. The van der Waals surface area contributed by atoms with Crippen LogP contribution in [0.3, 0.4) is 0 Å². The zero-order chi connectivity index (χ0) is 9.40. The highest BCUT2D eigenvalue weighted by atomic mass is 16.5. The maximum absolute atomic E-state index is 10.7. The molecule has 12 heavy (non-hydrogen) atoms. The second kappa shape index (κ2) is 6.64. The van der Waals surface area contributed by atoms with Gasteiger partial charge >= 0.3 is 11.9 Å². The van der Waals surface area contributed by atoms with Crippen molar-refractivity contribution in [2.24, 2.45) is 0 Å². The minimum atomic E-state index is -1.20. The van der Waals surface area contributed by atoms with Crippen LogP contribution in [0.4, 0.5) is 0 Å². The van der Waals surface area contributed by atoms with E-state index in [-0.39, 0.29) is 19.0 Å². The molecule has 0 bridgehead atoms. The molecule has 0 aromatic rings. The van der Waals surface area contributed by atoms with Gasteiger partial charge in [-0.05, 0) is 6.42 Å². The summed E-state index contributed by atoms with van der Waals surface area (Å²) in [7, 11) is 0. The van der Waals surface area contributed by atoms with Crippen molar-refractivity contribution in [2.45, 2.75) is 32.6 Å². The third-order valence-corrected chi connectivity index (χ3v) is 1.30. The molecule has 0 saturated heterocycles. The predicted molar refractivity (Wildman–Crippen MR) is 40.8 cm³/mol. The van der Waals surface area contributed by atoms with Gasteiger partial charge in [0, 0.05) is 6.42 Å². The number of esters is 1. The minimum absolute atomic E-state index is 0.0785. The van der Waals surface area contributed by atoms with E-state index in [1.165, 1.54) is 0 Å². The fraction of sp³-hybridized carbons (Fsp3) is 0.750. The Labute approximate surface area is 71.5 Å². The van der Waals surface area contributed by atoms with E-state index >= 15 is 0 Å². The lowest BCUT2D eigenvalue weighted by molar-refractivity contribution is -0.149. The fourth-order valence-electron chi connectivity index (χ4n) is 0.641. The van der Waals surface area contributed by atoms with E-state index in [1.807, 2.05) is 6.92 Å². The molecule has 0 aliphatic carbocycles. The number of hydrogen-bond acceptors (Lipinski definition) is 3. The standard InChI is InChI=1S/C8H13O4/c1-2-3-4-8(11)12-6-5-7(9)10/h2-6H2,1H3. The van der Waals surface area contributed by atoms with Gasteiger partial charge in [-0.15, -0.1) is 0 Å². The van der Waals surface area contributed by atoms with Gasteiger partial charge in [0.25, 0.3) is 0 Å². The maximum atomic E-state index is 10.7. The summed E-state index contributed by atoms with van der Waals surface area (Å²) in [6.45, 7) is 1.89. The first-order chi connectivity index (χ1) is 5.66. The van der Waals surface area contributed by atoms with E-state index in [4.69, 9.17) is 0 Å². The van der Waals surface area contributed by atoms with Crippen LogP contribution in [-0.2, 0) is 19.4 Å². The summed E-state index contributed by atoms with van der Waals surface area (Å²) in [5.41, 5.74) is 0. The molecule has 0 atom stereocenters. The third kappa shape index (κ3) is 7.05. The van der Waals surface area contributed by atoms with Gasteiger partial charge in [0.05, 0.1) is 6.42 Å². The van der Waals surface area contributed by atoms with Gasteiger partial charge in [0.15, 0.2) is 0 Å². The van der Waals surface area contributed by atoms with E-state index in [0.717, 1.165) is 12.8 Å². The highest BCUT2D eigenvalue weighted by molar-refractivity contribution is 5.70. The van der Waals surface area contributed by atoms with Gasteiger partial charge < -0.3 is 4.74 Å². The Morgan fingerprint density at radius 2 is 1.92 bits per heavy atom. The van der Waals surface area contributed by atoms with Crippen molar-refractivity contribution in [1.82, 2.24) is 0 Å². The number of unbranched alkanes of at least 4 members (excludes halogenated alkanes) is 1. The smallest absolute Gasteiger partial charge is 0.359 e. The van der Waals surface area contributed by atoms with Gasteiger partial charge in [-0.25, -0.2) is 9.90 Å². The van der Waals surface area contributed by atoms with Crippen LogP contribution in [0.1, 0.15) is 32.6 Å². The van der Waals surface area contributed by atoms with Crippen molar-refractivity contribution in [3.05, 3.63) is 0 Å². The van der Waals surface area contributed by atoms with Crippen LogP contribution < -0.4 is 0 Å². The Kier molecular flexibility index (Phi) is 6.05. The first-order valence-corrected chi connectivity index (χ1v) is 4.02. The maximum Gasteiger partial charge on any atom is 0.359 e. The zero-order valence-corrected chi connectivity index (χ0v) is 7.17. The topological polar surface area (TPSA) is 63.3 Å². The van der Waals surface area contributed by atoms with E-state index < -0.39 is 5.97 Å². The molecule has 4 nitrogen and oxygen atoms in total. The van der Waals surface area contributed by atoms with E-state index in [9.17, 15) is 14.7 Å². The van der Waals surface area contributed by atoms with Crippen LogP contribution >= 0.6 is 0 Å². The summed E-state index contributed by atoms with van der Waals surface area (Å²) in [6.07, 6.45) is 1.85. The van der Waals surface area contributed by atoms with Crippen LogP contribution in [0.25, 0.3) is 0 Å². The van der Waals surface area contributed by atoms with Crippen LogP contribution in [0.15, 0.2) is 0 Å². The highest BCUT2D eigenvalue weighted by Gasteiger charge is 2.04. The molecule has 0 aliphatic rings. The number of carbonyl (C=O) groups excluding carboxylic acids is 2. The quantitative estimate of drug-likeness (QED) is 0.564. The number of ether oxygens (including phenoxy) is 1. The molecule has 0 saturated carbocycles.